The van der Waals surface area contributed by atoms with E-state index < -0.39 is 0 Å². The summed E-state index contributed by atoms with van der Waals surface area (Å²) < 4.78 is 0. The Labute approximate surface area is 88.0 Å². The van der Waals surface area contributed by atoms with Crippen LogP contribution in [0.3, 0.4) is 0 Å². The van der Waals surface area contributed by atoms with Gasteiger partial charge in [0.15, 0.2) is 0 Å². The lowest BCUT2D eigenvalue weighted by Crippen LogP contribution is -2.18. The maximum atomic E-state index is 9.96. The second-order valence-electron chi connectivity index (χ2n) is 3.68. The molecule has 1 aliphatic carbocycles. The first-order valence-electron chi connectivity index (χ1n) is 5.00. The van der Waals surface area contributed by atoms with Crippen LogP contribution in [-0.2, 0) is 9.59 Å². The Bertz CT molecular complexity index is 315. The van der Waals surface area contributed by atoms with E-state index in [1.54, 1.807) is 12.3 Å². The molecule has 5 nitrogen and oxygen atoms in total. The number of aliphatic imine (C=N–C) groups is 1. The first kappa shape index (κ1) is 11.5. The Kier molecular flexibility index (Phi) is 5.23. The molecule has 1 saturated carbocycles. The second kappa shape index (κ2) is 6.82. The van der Waals surface area contributed by atoms with Crippen LogP contribution >= 0.6 is 0 Å². The lowest BCUT2D eigenvalue weighted by Gasteiger charge is -2.24. The molecule has 15 heavy (non-hydrogen) atoms. The molecule has 1 rings (SSSR count). The van der Waals surface area contributed by atoms with Crippen LogP contribution in [0.4, 0.5) is 0 Å². The number of rotatable bonds is 4. The molecule has 1 fully saturated rings. The van der Waals surface area contributed by atoms with Crippen LogP contribution in [-0.4, -0.2) is 24.9 Å². The van der Waals surface area contributed by atoms with Crippen molar-refractivity contribution >= 4 is 18.4 Å². The van der Waals surface area contributed by atoms with Gasteiger partial charge in [-0.05, 0) is 31.1 Å². The maximum absolute atomic E-state index is 9.96. The zero-order valence-electron chi connectivity index (χ0n) is 8.43. The Morgan fingerprint density at radius 2 is 2.13 bits per heavy atom. The van der Waals surface area contributed by atoms with Crippen molar-refractivity contribution < 1.29 is 9.59 Å². The van der Waals surface area contributed by atoms with Gasteiger partial charge in [-0.2, -0.15) is 5.10 Å². The molecule has 0 aromatic rings. The predicted octanol–water partition coefficient (Wildman–Crippen LogP) is 1.45. The summed E-state index contributed by atoms with van der Waals surface area (Å²) in [5.41, 5.74) is 0. The highest BCUT2D eigenvalue weighted by atomic mass is 16.1. The summed E-state index contributed by atoms with van der Waals surface area (Å²) in [5, 5.41) is 6.73. The smallest absolute Gasteiger partial charge is 0.211 e. The number of nitrogens with zero attached hydrogens (tertiary/aromatic N) is 3. The number of carbonyl (C=O) groups excluding carboxylic acids is 2. The van der Waals surface area contributed by atoms with Gasteiger partial charge in [-0.3, -0.25) is 0 Å². The summed E-state index contributed by atoms with van der Waals surface area (Å²) in [4.78, 5) is 23.3. The molecule has 0 saturated heterocycles. The van der Waals surface area contributed by atoms with Gasteiger partial charge in [0.05, 0.1) is 6.54 Å². The fourth-order valence-corrected chi connectivity index (χ4v) is 1.95. The van der Waals surface area contributed by atoms with E-state index >= 15 is 0 Å². The Balaban J connectivity index is 2.41. The third-order valence-corrected chi connectivity index (χ3v) is 2.61. The average Bonchev–Trinajstić information content (AvgIpc) is 2.27. The molecule has 2 atom stereocenters. The normalized spacial score (nSPS) is 25.6. The van der Waals surface area contributed by atoms with Crippen molar-refractivity contribution in [3.8, 4) is 0 Å². The lowest BCUT2D eigenvalue weighted by atomic mass is 9.82. The summed E-state index contributed by atoms with van der Waals surface area (Å²) in [6.45, 7) is 0.546. The third kappa shape index (κ3) is 4.45. The van der Waals surface area contributed by atoms with Gasteiger partial charge in [0.1, 0.15) is 0 Å². The van der Waals surface area contributed by atoms with E-state index in [2.05, 4.69) is 15.2 Å². The minimum Gasteiger partial charge on any atom is -0.211 e. The summed E-state index contributed by atoms with van der Waals surface area (Å²) in [6.07, 6.45) is 8.79. The van der Waals surface area contributed by atoms with Crippen molar-refractivity contribution in [2.75, 3.05) is 6.54 Å². The highest BCUT2D eigenvalue weighted by Crippen LogP contribution is 2.28. The van der Waals surface area contributed by atoms with E-state index in [4.69, 9.17) is 0 Å². The predicted molar refractivity (Wildman–Crippen MR) is 55.1 cm³/mol. The molecular formula is C10H13N3O2. The molecule has 0 spiro atoms. The summed E-state index contributed by atoms with van der Waals surface area (Å²) in [5.74, 6) is 0.763. The Morgan fingerprint density at radius 1 is 1.27 bits per heavy atom. The van der Waals surface area contributed by atoms with Crippen molar-refractivity contribution in [1.82, 2.24) is 0 Å². The molecule has 1 aliphatic rings. The fourth-order valence-electron chi connectivity index (χ4n) is 1.95. The van der Waals surface area contributed by atoms with Crippen molar-refractivity contribution in [2.45, 2.75) is 25.7 Å². The number of hydrogen-bond acceptors (Lipinski definition) is 5. The molecule has 0 heterocycles. The fraction of sp³-hybridized carbons (Fsp3) is 0.700. The van der Waals surface area contributed by atoms with Crippen molar-refractivity contribution in [2.24, 2.45) is 27.0 Å². The monoisotopic (exact) mass is 207 g/mol. The third-order valence-electron chi connectivity index (χ3n) is 2.61. The van der Waals surface area contributed by atoms with Crippen LogP contribution in [0.1, 0.15) is 25.7 Å². The van der Waals surface area contributed by atoms with Crippen LogP contribution in [0, 0.1) is 11.8 Å². The molecule has 5 heteroatoms. The van der Waals surface area contributed by atoms with Gasteiger partial charge in [-0.25, -0.2) is 14.6 Å². The van der Waals surface area contributed by atoms with Crippen LogP contribution < -0.4 is 0 Å². The zero-order valence-corrected chi connectivity index (χ0v) is 8.43. The topological polar surface area (TPSA) is 71.2 Å². The first-order chi connectivity index (χ1) is 7.36. The van der Waals surface area contributed by atoms with Crippen molar-refractivity contribution in [3.05, 3.63) is 0 Å². The van der Waals surface area contributed by atoms with E-state index in [1.807, 2.05) is 0 Å². The van der Waals surface area contributed by atoms with Gasteiger partial charge in [0.25, 0.3) is 6.08 Å². The standard InChI is InChI=1S/C10H13N3O2/c14-7-11-5-9-2-1-3-10(4-9)6-12-13-8-15/h6,9-10H,1-5H2/b12-6-/t9-,10+/m1/s1. The van der Waals surface area contributed by atoms with Gasteiger partial charge >= 0.3 is 0 Å². The Hall–Kier alpha value is -1.57. The van der Waals surface area contributed by atoms with E-state index in [0.717, 1.165) is 25.7 Å². The molecule has 0 bridgehead atoms. The maximum Gasteiger partial charge on any atom is 0.260 e. The number of isocyanates is 2. The molecule has 0 aromatic heterocycles. The average molecular weight is 207 g/mol. The molecule has 0 unspecified atom stereocenters. The highest BCUT2D eigenvalue weighted by Gasteiger charge is 2.20. The minimum atomic E-state index is 0.336. The number of hydrogen-bond donors (Lipinski definition) is 0. The first-order valence-corrected chi connectivity index (χ1v) is 5.00. The van der Waals surface area contributed by atoms with Crippen molar-refractivity contribution in [1.29, 1.82) is 0 Å². The van der Waals surface area contributed by atoms with Gasteiger partial charge in [0.2, 0.25) is 6.08 Å². The van der Waals surface area contributed by atoms with Crippen molar-refractivity contribution in [3.63, 3.8) is 0 Å². The zero-order chi connectivity index (χ0) is 10.9. The van der Waals surface area contributed by atoms with E-state index in [1.165, 1.54) is 6.08 Å². The molecule has 0 aliphatic heterocycles. The highest BCUT2D eigenvalue weighted by molar-refractivity contribution is 5.61. The molecule has 0 N–H and O–H groups in total. The van der Waals surface area contributed by atoms with Crippen LogP contribution in [0.5, 0.6) is 0 Å². The molecule has 0 radical (unpaired) electrons. The summed E-state index contributed by atoms with van der Waals surface area (Å²) >= 11 is 0. The van der Waals surface area contributed by atoms with Gasteiger partial charge in [0, 0.05) is 6.21 Å². The second-order valence-corrected chi connectivity index (χ2v) is 3.68. The summed E-state index contributed by atoms with van der Waals surface area (Å²) in [7, 11) is 0. The molecule has 0 aromatic carbocycles. The van der Waals surface area contributed by atoms with Crippen LogP contribution in [0.25, 0.3) is 0 Å². The molecular weight excluding hydrogens is 194 g/mol. The quantitative estimate of drug-likeness (QED) is 0.397. The van der Waals surface area contributed by atoms with Crippen LogP contribution in [0.2, 0.25) is 0 Å². The van der Waals surface area contributed by atoms with E-state index in [-0.39, 0.29) is 0 Å². The molecule has 0 amide bonds. The van der Waals surface area contributed by atoms with Gasteiger partial charge in [-0.15, -0.1) is 0 Å². The summed E-state index contributed by atoms with van der Waals surface area (Å²) in [6, 6.07) is 0. The van der Waals surface area contributed by atoms with E-state index in [9.17, 15) is 9.59 Å². The van der Waals surface area contributed by atoms with E-state index in [0.29, 0.717) is 18.4 Å². The SMILES string of the molecule is O=C=NC[C@@H]1CCC[C@H](/C=N\N=C=O)C1. The lowest BCUT2D eigenvalue weighted by molar-refractivity contribution is 0.328. The van der Waals surface area contributed by atoms with Gasteiger partial charge < -0.3 is 0 Å². The largest absolute Gasteiger partial charge is 0.260 e. The minimum absolute atomic E-state index is 0.336. The molecule has 80 valence electrons. The van der Waals surface area contributed by atoms with Gasteiger partial charge in [-0.1, -0.05) is 11.5 Å². The van der Waals surface area contributed by atoms with Crippen LogP contribution in [0.15, 0.2) is 15.2 Å². The Morgan fingerprint density at radius 3 is 2.87 bits per heavy atom.